The molecule has 0 saturated carbocycles. The van der Waals surface area contributed by atoms with E-state index in [-0.39, 0.29) is 5.71 Å². The molecule has 1 aromatic carbocycles. The number of hydrazone groups is 1. The number of benzene rings is 1. The van der Waals surface area contributed by atoms with E-state index in [1.165, 1.54) is 0 Å². The summed E-state index contributed by atoms with van der Waals surface area (Å²) < 4.78 is 4.96. The Kier molecular flexibility index (Phi) is 3.86. The van der Waals surface area contributed by atoms with Crippen molar-refractivity contribution in [2.45, 2.75) is 0 Å². The van der Waals surface area contributed by atoms with E-state index in [1.54, 1.807) is 37.4 Å². The molecule has 15 heavy (non-hydrogen) atoms. The summed E-state index contributed by atoms with van der Waals surface area (Å²) in [5, 5.41) is 12.0. The second kappa shape index (κ2) is 5.40. The maximum Gasteiger partial charge on any atom is 0.200 e. The molecule has 0 fully saturated rings. The van der Waals surface area contributed by atoms with E-state index in [1.807, 2.05) is 0 Å². The lowest BCUT2D eigenvalue weighted by Crippen LogP contribution is -2.00. The summed E-state index contributed by atoms with van der Waals surface area (Å²) in [5.74, 6) is 0.723. The van der Waals surface area contributed by atoms with Crippen LogP contribution in [0.25, 0.3) is 0 Å². The van der Waals surface area contributed by atoms with Crippen LogP contribution in [0.5, 0.6) is 5.75 Å². The number of carbonyl (C=O) groups is 1. The van der Waals surface area contributed by atoms with Gasteiger partial charge in [0.25, 0.3) is 0 Å². The molecule has 0 radical (unpaired) electrons. The number of rotatable bonds is 4. The Hall–Kier alpha value is -2.35. The molecule has 0 saturated heterocycles. The molecule has 0 heterocycles. The van der Waals surface area contributed by atoms with Crippen molar-refractivity contribution in [3.8, 4) is 11.8 Å². The molecule has 0 aliphatic rings. The fourth-order valence-electron chi connectivity index (χ4n) is 0.868. The average molecular weight is 203 g/mol. The van der Waals surface area contributed by atoms with Crippen LogP contribution in [-0.4, -0.2) is 19.1 Å². The molecule has 1 N–H and O–H groups in total. The highest BCUT2D eigenvalue weighted by atomic mass is 16.5. The molecule has 5 nitrogen and oxygen atoms in total. The zero-order valence-corrected chi connectivity index (χ0v) is 8.10. The standard InChI is InChI=1S/C10H9N3O2/c1-15-10-4-2-8(3-5-10)12-13-9(6-11)7-14/h2-5,7,12H,1H3/b13-9-. The number of methoxy groups -OCH3 is 1. The topological polar surface area (TPSA) is 74.5 Å². The largest absolute Gasteiger partial charge is 0.497 e. The van der Waals surface area contributed by atoms with Gasteiger partial charge in [0.05, 0.1) is 12.8 Å². The van der Waals surface area contributed by atoms with Crippen LogP contribution < -0.4 is 10.2 Å². The highest BCUT2D eigenvalue weighted by Crippen LogP contribution is 2.14. The van der Waals surface area contributed by atoms with Crippen LogP contribution in [0.1, 0.15) is 0 Å². The fourth-order valence-corrected chi connectivity index (χ4v) is 0.868. The minimum Gasteiger partial charge on any atom is -0.497 e. The van der Waals surface area contributed by atoms with Gasteiger partial charge in [-0.05, 0) is 24.3 Å². The van der Waals surface area contributed by atoms with Crippen molar-refractivity contribution in [1.29, 1.82) is 5.26 Å². The summed E-state index contributed by atoms with van der Waals surface area (Å²) in [4.78, 5) is 10.2. The van der Waals surface area contributed by atoms with E-state index < -0.39 is 0 Å². The molecule has 0 bridgehead atoms. The summed E-state index contributed by atoms with van der Waals surface area (Å²) in [6.45, 7) is 0. The van der Waals surface area contributed by atoms with Crippen LogP contribution >= 0.6 is 0 Å². The van der Waals surface area contributed by atoms with Gasteiger partial charge in [-0.15, -0.1) is 0 Å². The predicted octanol–water partition coefficient (Wildman–Crippen LogP) is 1.19. The second-order valence-corrected chi connectivity index (χ2v) is 2.57. The molecular weight excluding hydrogens is 194 g/mol. The lowest BCUT2D eigenvalue weighted by molar-refractivity contribution is -0.102. The van der Waals surface area contributed by atoms with Crippen molar-refractivity contribution >= 4 is 17.7 Å². The Morgan fingerprint density at radius 3 is 2.67 bits per heavy atom. The van der Waals surface area contributed by atoms with Crippen LogP contribution in [0, 0.1) is 11.3 Å². The number of carbonyl (C=O) groups excluding carboxylic acids is 1. The molecule has 0 atom stereocenters. The van der Waals surface area contributed by atoms with Crippen molar-refractivity contribution < 1.29 is 9.53 Å². The number of nitrogens with one attached hydrogen (secondary N) is 1. The Balaban J connectivity index is 2.70. The van der Waals surface area contributed by atoms with Crippen LogP contribution in [0.2, 0.25) is 0 Å². The third-order valence-electron chi connectivity index (χ3n) is 1.62. The minimum absolute atomic E-state index is 0.203. The highest BCUT2D eigenvalue weighted by Gasteiger charge is 1.94. The Labute approximate surface area is 87.0 Å². The number of hydrogen-bond acceptors (Lipinski definition) is 5. The molecule has 1 rings (SSSR count). The first-order chi connectivity index (χ1) is 7.30. The van der Waals surface area contributed by atoms with Crippen molar-refractivity contribution in [3.05, 3.63) is 24.3 Å². The van der Waals surface area contributed by atoms with Crippen LogP contribution in [0.3, 0.4) is 0 Å². The third kappa shape index (κ3) is 3.12. The quantitative estimate of drug-likeness (QED) is 0.453. The summed E-state index contributed by atoms with van der Waals surface area (Å²) in [5.41, 5.74) is 3.05. The number of nitrogens with zero attached hydrogens (tertiary/aromatic N) is 2. The number of anilines is 1. The number of nitriles is 1. The van der Waals surface area contributed by atoms with E-state index in [9.17, 15) is 4.79 Å². The second-order valence-electron chi connectivity index (χ2n) is 2.57. The molecule has 0 aliphatic heterocycles. The maximum absolute atomic E-state index is 10.2. The molecule has 76 valence electrons. The van der Waals surface area contributed by atoms with Gasteiger partial charge in [-0.2, -0.15) is 10.4 Å². The van der Waals surface area contributed by atoms with Gasteiger partial charge in [-0.3, -0.25) is 10.2 Å². The van der Waals surface area contributed by atoms with E-state index in [4.69, 9.17) is 10.00 Å². The zero-order chi connectivity index (χ0) is 11.1. The van der Waals surface area contributed by atoms with Crippen LogP contribution in [0.15, 0.2) is 29.4 Å². The molecular formula is C10H9N3O2. The zero-order valence-electron chi connectivity index (χ0n) is 8.10. The molecule has 1 aromatic rings. The highest BCUT2D eigenvalue weighted by molar-refractivity contribution is 6.35. The van der Waals surface area contributed by atoms with E-state index in [0.717, 1.165) is 5.75 Å². The number of aldehydes is 1. The summed E-state index contributed by atoms with van der Waals surface area (Å²) in [6, 6.07) is 8.57. The summed E-state index contributed by atoms with van der Waals surface area (Å²) in [7, 11) is 1.57. The van der Waals surface area contributed by atoms with Gasteiger partial charge in [-0.1, -0.05) is 0 Å². The fraction of sp³-hybridized carbons (Fsp3) is 0.100. The molecule has 0 aliphatic carbocycles. The monoisotopic (exact) mass is 203 g/mol. The van der Waals surface area contributed by atoms with Crippen LogP contribution in [-0.2, 0) is 4.79 Å². The number of ether oxygens (including phenoxy) is 1. The van der Waals surface area contributed by atoms with Gasteiger partial charge in [0.2, 0.25) is 0 Å². The van der Waals surface area contributed by atoms with Crippen molar-refractivity contribution in [1.82, 2.24) is 0 Å². The average Bonchev–Trinajstić information content (AvgIpc) is 2.31. The normalized spacial score (nSPS) is 10.3. The maximum atomic E-state index is 10.2. The molecule has 0 unspecified atom stereocenters. The lowest BCUT2D eigenvalue weighted by atomic mass is 10.3. The first-order valence-electron chi connectivity index (χ1n) is 4.13. The van der Waals surface area contributed by atoms with Crippen LogP contribution in [0.4, 0.5) is 5.69 Å². The van der Waals surface area contributed by atoms with Gasteiger partial charge in [0.15, 0.2) is 12.0 Å². The lowest BCUT2D eigenvalue weighted by Gasteiger charge is -2.01. The minimum atomic E-state index is -0.203. The summed E-state index contributed by atoms with van der Waals surface area (Å²) >= 11 is 0. The van der Waals surface area contributed by atoms with Crippen molar-refractivity contribution in [2.75, 3.05) is 12.5 Å². The first kappa shape index (κ1) is 10.7. The summed E-state index contributed by atoms with van der Waals surface area (Å²) in [6.07, 6.45) is 0.385. The third-order valence-corrected chi connectivity index (χ3v) is 1.62. The molecule has 0 spiro atoms. The molecule has 0 amide bonds. The SMILES string of the molecule is COc1ccc(N/N=C(/C#N)C=O)cc1. The first-order valence-corrected chi connectivity index (χ1v) is 4.13. The Morgan fingerprint density at radius 2 is 2.20 bits per heavy atom. The number of hydrogen-bond donors (Lipinski definition) is 1. The van der Waals surface area contributed by atoms with Crippen molar-refractivity contribution in [2.24, 2.45) is 5.10 Å². The van der Waals surface area contributed by atoms with Gasteiger partial charge in [0.1, 0.15) is 11.8 Å². The van der Waals surface area contributed by atoms with Gasteiger partial charge < -0.3 is 4.74 Å². The smallest absolute Gasteiger partial charge is 0.200 e. The molecule has 5 heteroatoms. The van der Waals surface area contributed by atoms with Gasteiger partial charge in [-0.25, -0.2) is 0 Å². The van der Waals surface area contributed by atoms with E-state index in [2.05, 4.69) is 10.5 Å². The molecule has 0 aromatic heterocycles. The predicted molar refractivity (Wildman–Crippen MR) is 55.7 cm³/mol. The van der Waals surface area contributed by atoms with E-state index in [0.29, 0.717) is 12.0 Å². The van der Waals surface area contributed by atoms with E-state index >= 15 is 0 Å². The Bertz CT molecular complexity index is 404. The Morgan fingerprint density at radius 1 is 1.53 bits per heavy atom. The van der Waals surface area contributed by atoms with Crippen molar-refractivity contribution in [3.63, 3.8) is 0 Å². The van der Waals surface area contributed by atoms with Gasteiger partial charge >= 0.3 is 0 Å². The van der Waals surface area contributed by atoms with Gasteiger partial charge in [0, 0.05) is 0 Å².